The molecule has 0 bridgehead atoms. The number of anilines is 1. The van der Waals surface area contributed by atoms with Gasteiger partial charge in [0, 0.05) is 6.08 Å². The van der Waals surface area contributed by atoms with Crippen LogP contribution in [-0.2, 0) is 4.79 Å². The zero-order valence-corrected chi connectivity index (χ0v) is 16.3. The molecule has 0 spiro atoms. The Bertz CT molecular complexity index is 856. The van der Waals surface area contributed by atoms with Gasteiger partial charge in [-0.1, -0.05) is 32.0 Å². The number of carbonyl (C=O) groups is 2. The Balaban J connectivity index is 2.11. The van der Waals surface area contributed by atoms with Gasteiger partial charge in [-0.25, -0.2) is 4.79 Å². The van der Waals surface area contributed by atoms with Crippen LogP contribution in [0.3, 0.4) is 0 Å². The fourth-order valence-corrected chi connectivity index (χ4v) is 2.65. The first kappa shape index (κ1) is 21.0. The summed E-state index contributed by atoms with van der Waals surface area (Å²) >= 11 is 0. The number of hydrogen-bond acceptors (Lipinski definition) is 4. The number of rotatable bonds is 9. The average Bonchev–Trinajstić information content (AvgIpc) is 2.71. The summed E-state index contributed by atoms with van der Waals surface area (Å²) in [6, 6.07) is 11.7. The second-order valence-corrected chi connectivity index (χ2v) is 6.14. The summed E-state index contributed by atoms with van der Waals surface area (Å²) in [7, 11) is 1.57. The minimum absolute atomic E-state index is 0.0359. The molecule has 148 valence electrons. The zero-order chi connectivity index (χ0) is 20.5. The van der Waals surface area contributed by atoms with Crippen molar-refractivity contribution in [2.24, 2.45) is 0 Å². The number of hydrogen-bond donors (Lipinski definition) is 2. The molecule has 0 radical (unpaired) electrons. The summed E-state index contributed by atoms with van der Waals surface area (Å²) in [5.74, 6) is -0.276. The largest absolute Gasteiger partial charge is 0.493 e. The van der Waals surface area contributed by atoms with Gasteiger partial charge in [0.2, 0.25) is 5.91 Å². The molecule has 0 saturated heterocycles. The van der Waals surface area contributed by atoms with E-state index in [0.29, 0.717) is 11.5 Å². The maximum absolute atomic E-state index is 12.2. The van der Waals surface area contributed by atoms with Crippen molar-refractivity contribution in [1.82, 2.24) is 0 Å². The first-order chi connectivity index (χ1) is 13.5. The van der Waals surface area contributed by atoms with E-state index in [1.54, 1.807) is 37.5 Å². The molecule has 28 heavy (non-hydrogen) atoms. The molecule has 2 aromatic rings. The molecular formula is C22H25NO5. The number of para-hydroxylation sites is 1. The van der Waals surface area contributed by atoms with E-state index in [9.17, 15) is 14.7 Å². The van der Waals surface area contributed by atoms with Crippen LogP contribution in [0.2, 0.25) is 0 Å². The molecule has 0 heterocycles. The van der Waals surface area contributed by atoms with E-state index < -0.39 is 11.9 Å². The molecule has 6 nitrogen and oxygen atoms in total. The van der Waals surface area contributed by atoms with Crippen LogP contribution < -0.4 is 14.8 Å². The molecule has 0 aliphatic rings. The van der Waals surface area contributed by atoms with Gasteiger partial charge in [0.1, 0.15) is 0 Å². The number of benzene rings is 2. The van der Waals surface area contributed by atoms with Crippen LogP contribution in [0.5, 0.6) is 11.5 Å². The maximum Gasteiger partial charge on any atom is 0.337 e. The predicted molar refractivity (Wildman–Crippen MR) is 109 cm³/mol. The average molecular weight is 383 g/mol. The Hall–Kier alpha value is -3.28. The minimum atomic E-state index is -1.10. The second kappa shape index (κ2) is 10.2. The van der Waals surface area contributed by atoms with Crippen LogP contribution in [0.25, 0.3) is 6.08 Å². The Morgan fingerprint density at radius 1 is 1.11 bits per heavy atom. The van der Waals surface area contributed by atoms with Crippen molar-refractivity contribution in [2.45, 2.75) is 32.8 Å². The summed E-state index contributed by atoms with van der Waals surface area (Å²) in [6.45, 7) is 4.14. The third-order valence-corrected chi connectivity index (χ3v) is 4.23. The van der Waals surface area contributed by atoms with Gasteiger partial charge in [0.25, 0.3) is 0 Å². The summed E-state index contributed by atoms with van der Waals surface area (Å²) in [4.78, 5) is 23.4. The lowest BCUT2D eigenvalue weighted by atomic mass is 10.1. The Kier molecular flexibility index (Phi) is 7.63. The summed E-state index contributed by atoms with van der Waals surface area (Å²) in [6.07, 6.45) is 4.89. The van der Waals surface area contributed by atoms with Gasteiger partial charge in [-0.3, -0.25) is 4.79 Å². The normalized spacial score (nSPS) is 10.9. The zero-order valence-electron chi connectivity index (χ0n) is 16.3. The number of methoxy groups -OCH3 is 1. The van der Waals surface area contributed by atoms with Crippen molar-refractivity contribution in [3.63, 3.8) is 0 Å². The van der Waals surface area contributed by atoms with E-state index in [-0.39, 0.29) is 17.4 Å². The smallest absolute Gasteiger partial charge is 0.337 e. The van der Waals surface area contributed by atoms with Gasteiger partial charge in [0.15, 0.2) is 11.5 Å². The van der Waals surface area contributed by atoms with Gasteiger partial charge in [-0.05, 0) is 48.7 Å². The van der Waals surface area contributed by atoms with Gasteiger partial charge in [-0.15, -0.1) is 0 Å². The number of nitrogens with one attached hydrogen (secondary N) is 1. The van der Waals surface area contributed by atoms with Gasteiger partial charge in [0.05, 0.1) is 24.5 Å². The van der Waals surface area contributed by atoms with E-state index >= 15 is 0 Å². The summed E-state index contributed by atoms with van der Waals surface area (Å²) in [5, 5.41) is 11.8. The van der Waals surface area contributed by atoms with Crippen LogP contribution in [0.1, 0.15) is 42.6 Å². The fraction of sp³-hybridized carbons (Fsp3) is 0.273. The molecule has 0 fully saturated rings. The Morgan fingerprint density at radius 2 is 1.82 bits per heavy atom. The Morgan fingerprint density at radius 3 is 2.46 bits per heavy atom. The molecule has 2 rings (SSSR count). The number of aromatic carboxylic acids is 1. The number of carbonyl (C=O) groups excluding carboxylic acids is 1. The topological polar surface area (TPSA) is 84.9 Å². The van der Waals surface area contributed by atoms with Crippen molar-refractivity contribution in [3.05, 3.63) is 59.7 Å². The maximum atomic E-state index is 12.2. The standard InChI is InChI=1S/C22H25NO5/c1-4-16(5-2)28-19-12-10-15(14-20(19)27-3)11-13-21(24)23-18-9-7-6-8-17(18)22(25)26/h6-14,16H,4-5H2,1-3H3,(H,23,24)(H,25,26). The highest BCUT2D eigenvalue weighted by atomic mass is 16.5. The van der Waals surface area contributed by atoms with E-state index in [0.717, 1.165) is 18.4 Å². The third-order valence-electron chi connectivity index (χ3n) is 4.23. The fourth-order valence-electron chi connectivity index (χ4n) is 2.65. The SMILES string of the molecule is CCC(CC)Oc1ccc(C=CC(=O)Nc2ccccc2C(=O)O)cc1OC. The van der Waals surface area contributed by atoms with Crippen LogP contribution in [0.4, 0.5) is 5.69 Å². The molecule has 1 amide bonds. The lowest BCUT2D eigenvalue weighted by Gasteiger charge is -2.18. The highest BCUT2D eigenvalue weighted by Crippen LogP contribution is 2.30. The van der Waals surface area contributed by atoms with Crippen molar-refractivity contribution < 1.29 is 24.2 Å². The molecule has 0 unspecified atom stereocenters. The lowest BCUT2D eigenvalue weighted by molar-refractivity contribution is -0.111. The first-order valence-corrected chi connectivity index (χ1v) is 9.14. The Labute approximate surface area is 164 Å². The molecule has 2 N–H and O–H groups in total. The van der Waals surface area contributed by atoms with Crippen molar-refractivity contribution >= 4 is 23.6 Å². The second-order valence-electron chi connectivity index (χ2n) is 6.14. The predicted octanol–water partition coefficient (Wildman–Crippen LogP) is 4.61. The highest BCUT2D eigenvalue weighted by Gasteiger charge is 2.12. The lowest BCUT2D eigenvalue weighted by Crippen LogP contribution is -2.14. The first-order valence-electron chi connectivity index (χ1n) is 9.14. The van der Waals surface area contributed by atoms with Crippen molar-refractivity contribution in [3.8, 4) is 11.5 Å². The third kappa shape index (κ3) is 5.61. The van der Waals surface area contributed by atoms with Gasteiger partial charge >= 0.3 is 5.97 Å². The molecule has 0 aliphatic heterocycles. The minimum Gasteiger partial charge on any atom is -0.493 e. The molecular weight excluding hydrogens is 358 g/mol. The van der Waals surface area contributed by atoms with E-state index in [1.165, 1.54) is 12.1 Å². The van der Waals surface area contributed by atoms with Gasteiger partial charge < -0.3 is 19.9 Å². The number of amides is 1. The molecule has 0 atom stereocenters. The van der Waals surface area contributed by atoms with Crippen molar-refractivity contribution in [2.75, 3.05) is 12.4 Å². The number of carboxylic acid groups (broad SMARTS) is 1. The summed E-state index contributed by atoms with van der Waals surface area (Å²) < 4.78 is 11.3. The monoisotopic (exact) mass is 383 g/mol. The van der Waals surface area contributed by atoms with E-state index in [1.807, 2.05) is 12.1 Å². The molecule has 0 aliphatic carbocycles. The van der Waals surface area contributed by atoms with E-state index in [4.69, 9.17) is 9.47 Å². The summed E-state index contributed by atoms with van der Waals surface area (Å²) in [5.41, 5.74) is 1.04. The molecule has 0 saturated carbocycles. The highest BCUT2D eigenvalue weighted by molar-refractivity contribution is 6.06. The van der Waals surface area contributed by atoms with Crippen molar-refractivity contribution in [1.29, 1.82) is 0 Å². The molecule has 2 aromatic carbocycles. The quantitative estimate of drug-likeness (QED) is 0.618. The van der Waals surface area contributed by atoms with Crippen LogP contribution in [0.15, 0.2) is 48.5 Å². The van der Waals surface area contributed by atoms with Crippen LogP contribution >= 0.6 is 0 Å². The van der Waals surface area contributed by atoms with Gasteiger partial charge in [-0.2, -0.15) is 0 Å². The number of ether oxygens (including phenoxy) is 2. The van der Waals surface area contributed by atoms with Crippen LogP contribution in [-0.4, -0.2) is 30.2 Å². The number of carboxylic acids is 1. The molecule has 0 aromatic heterocycles. The van der Waals surface area contributed by atoms with Crippen LogP contribution in [0, 0.1) is 0 Å². The van der Waals surface area contributed by atoms with E-state index in [2.05, 4.69) is 19.2 Å². The molecule has 6 heteroatoms.